The van der Waals surface area contributed by atoms with Crippen molar-refractivity contribution in [3.8, 4) is 5.75 Å². The van der Waals surface area contributed by atoms with E-state index in [4.69, 9.17) is 9.47 Å². The number of amides is 3. The second kappa shape index (κ2) is 6.83. The van der Waals surface area contributed by atoms with E-state index in [-0.39, 0.29) is 13.2 Å². The molecule has 23 heavy (non-hydrogen) atoms. The highest BCUT2D eigenvalue weighted by Gasteiger charge is 2.36. The van der Waals surface area contributed by atoms with Crippen LogP contribution < -0.4 is 10.1 Å². The maximum absolute atomic E-state index is 12.1. The second-order valence-electron chi connectivity index (χ2n) is 5.04. The van der Waals surface area contributed by atoms with Crippen molar-refractivity contribution in [1.29, 1.82) is 0 Å². The van der Waals surface area contributed by atoms with Gasteiger partial charge in [0.2, 0.25) is 0 Å². The molecule has 1 saturated heterocycles. The number of benzene rings is 2. The highest BCUT2D eigenvalue weighted by Crippen LogP contribution is 2.16. The molecule has 118 valence electrons. The molecule has 3 rings (SSSR count). The highest BCUT2D eigenvalue weighted by atomic mass is 16.6. The Morgan fingerprint density at radius 2 is 1.78 bits per heavy atom. The van der Waals surface area contributed by atoms with Gasteiger partial charge < -0.3 is 14.8 Å². The van der Waals surface area contributed by atoms with Gasteiger partial charge in [-0.3, -0.25) is 0 Å². The average Bonchev–Trinajstić information content (AvgIpc) is 2.96. The molecule has 0 spiro atoms. The molecule has 0 radical (unpaired) electrons. The summed E-state index contributed by atoms with van der Waals surface area (Å²) in [5.74, 6) is 0.690. The normalized spacial score (nSPS) is 16.8. The first-order valence-electron chi connectivity index (χ1n) is 7.24. The molecule has 2 aromatic rings. The number of imide groups is 1. The van der Waals surface area contributed by atoms with E-state index in [0.717, 1.165) is 4.90 Å². The molecule has 1 aliphatic rings. The molecular formula is C17H16N2O4. The summed E-state index contributed by atoms with van der Waals surface area (Å²) in [4.78, 5) is 25.0. The van der Waals surface area contributed by atoms with Gasteiger partial charge in [0, 0.05) is 5.69 Å². The summed E-state index contributed by atoms with van der Waals surface area (Å²) in [6.45, 7) is 0.356. The second-order valence-corrected chi connectivity index (χ2v) is 5.04. The molecule has 0 saturated carbocycles. The van der Waals surface area contributed by atoms with Crippen molar-refractivity contribution in [3.05, 3.63) is 60.7 Å². The third-order valence-electron chi connectivity index (χ3n) is 3.32. The van der Waals surface area contributed by atoms with Crippen LogP contribution in [0.25, 0.3) is 0 Å². The van der Waals surface area contributed by atoms with Gasteiger partial charge in [0.1, 0.15) is 12.4 Å². The lowest BCUT2D eigenvalue weighted by Gasteiger charge is -2.12. The van der Waals surface area contributed by atoms with Crippen molar-refractivity contribution >= 4 is 17.8 Å². The molecule has 1 unspecified atom stereocenters. The number of nitrogens with zero attached hydrogens (tertiary/aromatic N) is 1. The number of carbonyl (C=O) groups excluding carboxylic acids is 2. The molecule has 6 heteroatoms. The minimum Gasteiger partial charge on any atom is -0.490 e. The summed E-state index contributed by atoms with van der Waals surface area (Å²) in [7, 11) is 0. The molecular weight excluding hydrogens is 296 g/mol. The monoisotopic (exact) mass is 312 g/mol. The number of nitrogens with one attached hydrogen (secondary N) is 1. The fourth-order valence-corrected chi connectivity index (χ4v) is 2.19. The molecule has 1 atom stereocenters. The number of rotatable bonds is 4. The van der Waals surface area contributed by atoms with Gasteiger partial charge in [-0.25, -0.2) is 14.5 Å². The molecule has 1 fully saturated rings. The average molecular weight is 312 g/mol. The Bertz CT molecular complexity index is 676. The molecule has 0 bridgehead atoms. The van der Waals surface area contributed by atoms with Gasteiger partial charge in [-0.1, -0.05) is 36.4 Å². The standard InChI is InChI=1S/C17H16N2O4/c20-16(18-13-7-3-1-4-8-13)19-11-15(23-17(19)21)12-22-14-9-5-2-6-10-14/h1-10,15H,11-12H2,(H,18,20). The number of hydrogen-bond acceptors (Lipinski definition) is 4. The zero-order valence-corrected chi connectivity index (χ0v) is 12.3. The van der Waals surface area contributed by atoms with E-state index in [0.29, 0.717) is 11.4 Å². The van der Waals surface area contributed by atoms with Crippen LogP contribution in [-0.4, -0.2) is 36.3 Å². The van der Waals surface area contributed by atoms with E-state index in [9.17, 15) is 9.59 Å². The van der Waals surface area contributed by atoms with Gasteiger partial charge in [-0.05, 0) is 24.3 Å². The number of urea groups is 1. The highest BCUT2D eigenvalue weighted by molar-refractivity contribution is 5.99. The van der Waals surface area contributed by atoms with Gasteiger partial charge in [0.25, 0.3) is 0 Å². The van der Waals surface area contributed by atoms with Crippen molar-refractivity contribution in [2.24, 2.45) is 0 Å². The van der Waals surface area contributed by atoms with Gasteiger partial charge in [0.15, 0.2) is 6.10 Å². The summed E-state index contributed by atoms with van der Waals surface area (Å²) in [5, 5.41) is 2.65. The van der Waals surface area contributed by atoms with Crippen molar-refractivity contribution in [1.82, 2.24) is 4.90 Å². The van der Waals surface area contributed by atoms with Crippen molar-refractivity contribution in [3.63, 3.8) is 0 Å². The third-order valence-corrected chi connectivity index (χ3v) is 3.32. The number of cyclic esters (lactones) is 1. The van der Waals surface area contributed by atoms with Crippen LogP contribution in [0.5, 0.6) is 5.75 Å². The van der Waals surface area contributed by atoms with Crippen LogP contribution in [0.15, 0.2) is 60.7 Å². The number of hydrogen-bond donors (Lipinski definition) is 1. The SMILES string of the molecule is O=C(Nc1ccccc1)N1CC(COc2ccccc2)OC1=O. The lowest BCUT2D eigenvalue weighted by Crippen LogP contribution is -2.36. The van der Waals surface area contributed by atoms with E-state index in [1.54, 1.807) is 24.3 Å². The topological polar surface area (TPSA) is 67.9 Å². The van der Waals surface area contributed by atoms with E-state index < -0.39 is 18.2 Å². The van der Waals surface area contributed by atoms with Crippen molar-refractivity contribution in [2.75, 3.05) is 18.5 Å². The zero-order chi connectivity index (χ0) is 16.1. The molecule has 0 aliphatic carbocycles. The van der Waals surface area contributed by atoms with Gasteiger partial charge in [-0.15, -0.1) is 0 Å². The molecule has 1 N–H and O–H groups in total. The summed E-state index contributed by atoms with van der Waals surface area (Å²) in [6, 6.07) is 17.7. The molecule has 6 nitrogen and oxygen atoms in total. The number of carbonyl (C=O) groups is 2. The fraction of sp³-hybridized carbons (Fsp3) is 0.176. The minimum absolute atomic E-state index is 0.157. The fourth-order valence-electron chi connectivity index (χ4n) is 2.19. The van der Waals surface area contributed by atoms with Crippen LogP contribution in [0.3, 0.4) is 0 Å². The van der Waals surface area contributed by atoms with E-state index in [1.807, 2.05) is 36.4 Å². The Morgan fingerprint density at radius 3 is 2.48 bits per heavy atom. The molecule has 3 amide bonds. The Balaban J connectivity index is 1.54. The number of anilines is 1. The first-order chi connectivity index (χ1) is 11.2. The number of para-hydroxylation sites is 2. The maximum atomic E-state index is 12.1. The van der Waals surface area contributed by atoms with Crippen LogP contribution in [0, 0.1) is 0 Å². The van der Waals surface area contributed by atoms with E-state index in [2.05, 4.69) is 5.32 Å². The summed E-state index contributed by atoms with van der Waals surface area (Å²) in [5.41, 5.74) is 0.620. The van der Waals surface area contributed by atoms with Crippen LogP contribution in [0.2, 0.25) is 0 Å². The van der Waals surface area contributed by atoms with Crippen LogP contribution >= 0.6 is 0 Å². The van der Waals surface area contributed by atoms with E-state index in [1.165, 1.54) is 0 Å². The Morgan fingerprint density at radius 1 is 1.13 bits per heavy atom. The predicted octanol–water partition coefficient (Wildman–Crippen LogP) is 3.12. The van der Waals surface area contributed by atoms with Gasteiger partial charge in [-0.2, -0.15) is 0 Å². The van der Waals surface area contributed by atoms with Crippen molar-refractivity contribution < 1.29 is 19.1 Å². The zero-order valence-electron chi connectivity index (χ0n) is 12.3. The lowest BCUT2D eigenvalue weighted by molar-refractivity contribution is 0.103. The van der Waals surface area contributed by atoms with E-state index >= 15 is 0 Å². The van der Waals surface area contributed by atoms with Crippen LogP contribution in [0.4, 0.5) is 15.3 Å². The largest absolute Gasteiger partial charge is 0.490 e. The summed E-state index contributed by atoms with van der Waals surface area (Å²) in [6.07, 6.45) is -1.15. The van der Waals surface area contributed by atoms with Gasteiger partial charge in [0.05, 0.1) is 6.54 Å². The summed E-state index contributed by atoms with van der Waals surface area (Å²) >= 11 is 0. The molecule has 0 aromatic heterocycles. The minimum atomic E-state index is -0.667. The van der Waals surface area contributed by atoms with Crippen molar-refractivity contribution in [2.45, 2.75) is 6.10 Å². The quantitative estimate of drug-likeness (QED) is 0.942. The molecule has 1 aliphatic heterocycles. The van der Waals surface area contributed by atoms with Crippen LogP contribution in [0.1, 0.15) is 0 Å². The molecule has 2 aromatic carbocycles. The smallest absolute Gasteiger partial charge is 0.418 e. The summed E-state index contributed by atoms with van der Waals surface area (Å²) < 4.78 is 10.7. The number of ether oxygens (including phenoxy) is 2. The Hall–Kier alpha value is -3.02. The van der Waals surface area contributed by atoms with Gasteiger partial charge >= 0.3 is 12.1 Å². The predicted molar refractivity (Wildman–Crippen MR) is 84.4 cm³/mol. The Kier molecular flexibility index (Phi) is 4.42. The first kappa shape index (κ1) is 14.9. The molecule has 1 heterocycles. The maximum Gasteiger partial charge on any atom is 0.418 e. The lowest BCUT2D eigenvalue weighted by atomic mass is 10.3. The first-order valence-corrected chi connectivity index (χ1v) is 7.24. The van der Waals surface area contributed by atoms with Crippen LogP contribution in [-0.2, 0) is 4.74 Å². The third kappa shape index (κ3) is 3.79. The Labute approximate surface area is 133 Å².